The first kappa shape index (κ1) is 25.0. The summed E-state index contributed by atoms with van der Waals surface area (Å²) in [7, 11) is 0. The van der Waals surface area contributed by atoms with Crippen molar-refractivity contribution in [1.29, 1.82) is 0 Å². The zero-order chi connectivity index (χ0) is 23.7. The molecule has 0 saturated heterocycles. The molecule has 0 radical (unpaired) electrons. The summed E-state index contributed by atoms with van der Waals surface area (Å²) in [5, 5.41) is 14.8. The number of allylic oxidation sites excluding steroid dienone is 3. The molecule has 1 aromatic heterocycles. The van der Waals surface area contributed by atoms with Crippen molar-refractivity contribution in [3.63, 3.8) is 0 Å². The molecule has 1 amide bonds. The highest BCUT2D eigenvalue weighted by atomic mass is 35.5. The molecule has 2 rings (SSSR count). The summed E-state index contributed by atoms with van der Waals surface area (Å²) in [6.07, 6.45) is 3.74. The fraction of sp³-hybridized carbons (Fsp3) is 0.304. The predicted molar refractivity (Wildman–Crippen MR) is 129 cm³/mol. The molecule has 1 atom stereocenters. The molecular weight excluding hydrogens is 428 g/mol. The highest BCUT2D eigenvalue weighted by Gasteiger charge is 2.11. The average Bonchev–Trinajstić information content (AvgIpc) is 2.78. The number of nitrogens with one attached hydrogen (secondary N) is 1. The Kier molecular flexibility index (Phi) is 9.35. The number of rotatable bonds is 8. The highest BCUT2D eigenvalue weighted by Crippen LogP contribution is 2.24. The van der Waals surface area contributed by atoms with Crippen LogP contribution in [-0.2, 0) is 4.79 Å². The zero-order valence-corrected chi connectivity index (χ0v) is 19.0. The molecule has 1 unspecified atom stereocenters. The quantitative estimate of drug-likeness (QED) is 0.229. The largest absolute Gasteiger partial charge is 0.394 e. The van der Waals surface area contributed by atoms with Gasteiger partial charge < -0.3 is 32.5 Å². The Labute approximate surface area is 193 Å². The lowest BCUT2D eigenvalue weighted by Gasteiger charge is -2.21. The van der Waals surface area contributed by atoms with Crippen LogP contribution in [0.5, 0.6) is 0 Å². The Balaban J connectivity index is 2.06. The monoisotopic (exact) mass is 456 g/mol. The Bertz CT molecular complexity index is 1080. The van der Waals surface area contributed by atoms with Crippen molar-refractivity contribution in [2.75, 3.05) is 31.9 Å². The van der Waals surface area contributed by atoms with Crippen LogP contribution in [0.15, 0.2) is 47.9 Å². The van der Waals surface area contributed by atoms with Crippen LogP contribution in [0.2, 0.25) is 5.02 Å². The summed E-state index contributed by atoms with van der Waals surface area (Å²) in [6.45, 7) is 6.23. The van der Waals surface area contributed by atoms with Crippen LogP contribution in [0, 0.1) is 11.8 Å². The van der Waals surface area contributed by atoms with E-state index in [1.165, 1.54) is 12.2 Å². The van der Waals surface area contributed by atoms with Gasteiger partial charge in [0.2, 0.25) is 0 Å². The Morgan fingerprint density at radius 1 is 1.31 bits per heavy atom. The van der Waals surface area contributed by atoms with E-state index in [1.54, 1.807) is 18.3 Å². The van der Waals surface area contributed by atoms with Gasteiger partial charge in [-0.3, -0.25) is 4.79 Å². The topological polar surface area (TPSA) is 144 Å². The van der Waals surface area contributed by atoms with Crippen molar-refractivity contribution in [3.05, 3.63) is 58.5 Å². The van der Waals surface area contributed by atoms with Crippen molar-refractivity contribution in [1.82, 2.24) is 15.2 Å². The molecule has 9 heteroatoms. The number of anilines is 1. The molecule has 32 heavy (non-hydrogen) atoms. The molecule has 2 aromatic rings. The van der Waals surface area contributed by atoms with Crippen molar-refractivity contribution >= 4 is 34.1 Å². The van der Waals surface area contributed by atoms with Gasteiger partial charge in [0, 0.05) is 35.1 Å². The summed E-state index contributed by atoms with van der Waals surface area (Å²) in [5.74, 6) is 5.45. The van der Waals surface area contributed by atoms with E-state index in [0.29, 0.717) is 17.1 Å². The van der Waals surface area contributed by atoms with Crippen LogP contribution in [0.4, 0.5) is 5.82 Å². The Hall–Kier alpha value is -3.25. The number of hydrogen-bond donors (Lipinski definition) is 5. The third kappa shape index (κ3) is 7.17. The second-order valence-electron chi connectivity index (χ2n) is 7.09. The van der Waals surface area contributed by atoms with E-state index in [2.05, 4.69) is 27.0 Å². The van der Waals surface area contributed by atoms with Gasteiger partial charge in [-0.15, -0.1) is 0 Å². The molecule has 8 nitrogen and oxygen atoms in total. The number of likely N-dealkylation sites (N-methyl/N-ethyl adjacent to an activating group) is 1. The summed E-state index contributed by atoms with van der Waals surface area (Å²) < 4.78 is 0. The molecule has 170 valence electrons. The van der Waals surface area contributed by atoms with E-state index >= 15 is 0 Å². The molecule has 0 spiro atoms. The molecule has 0 saturated carbocycles. The smallest absolute Gasteiger partial charge is 0.267 e. The first-order valence-electron chi connectivity index (χ1n) is 10.2. The van der Waals surface area contributed by atoms with Gasteiger partial charge >= 0.3 is 0 Å². The second-order valence-corrected chi connectivity index (χ2v) is 7.53. The number of aromatic nitrogens is 1. The van der Waals surface area contributed by atoms with Crippen LogP contribution >= 0.6 is 11.6 Å². The van der Waals surface area contributed by atoms with E-state index in [1.807, 2.05) is 19.9 Å². The molecular formula is C23H29ClN6O2. The maximum absolute atomic E-state index is 12.1. The summed E-state index contributed by atoms with van der Waals surface area (Å²) in [4.78, 5) is 18.3. The van der Waals surface area contributed by atoms with E-state index < -0.39 is 12.0 Å². The maximum Gasteiger partial charge on any atom is 0.267 e. The van der Waals surface area contributed by atoms with Crippen LogP contribution in [0.1, 0.15) is 19.4 Å². The molecule has 0 fully saturated rings. The van der Waals surface area contributed by atoms with E-state index in [9.17, 15) is 9.90 Å². The SMILES string of the molecule is CCN(CC)CC(O)CNC(=O)/C(N)=C/C=C(\N)C#Cc1c(N)ncc2ccc(Cl)cc12. The number of amides is 1. The lowest BCUT2D eigenvalue weighted by molar-refractivity contribution is -0.118. The number of benzene rings is 1. The molecule has 1 heterocycles. The number of pyridine rings is 1. The summed E-state index contributed by atoms with van der Waals surface area (Å²) in [6, 6.07) is 5.35. The van der Waals surface area contributed by atoms with Crippen molar-refractivity contribution < 1.29 is 9.90 Å². The van der Waals surface area contributed by atoms with Gasteiger partial charge in [-0.05, 0) is 43.3 Å². The molecule has 0 aliphatic heterocycles. The standard InChI is InChI=1S/C23H29ClN6O2/c1-3-30(4-2)14-18(31)13-29-23(32)21(26)10-8-17(25)7-9-19-20-11-16(24)6-5-15(20)12-28-22(19)27/h5-6,8,10-12,18,31H,3-4,13-14,25-26H2,1-2H3,(H2,27,28)(H,29,32)/b17-8-,21-10-. The average molecular weight is 457 g/mol. The minimum atomic E-state index is -0.689. The number of hydrogen-bond acceptors (Lipinski definition) is 7. The predicted octanol–water partition coefficient (Wildman–Crippen LogP) is 1.33. The molecule has 0 bridgehead atoms. The first-order valence-corrected chi connectivity index (χ1v) is 10.6. The van der Waals surface area contributed by atoms with Crippen LogP contribution < -0.4 is 22.5 Å². The Morgan fingerprint density at radius 2 is 2.03 bits per heavy atom. The minimum absolute atomic E-state index is 0.0529. The van der Waals surface area contributed by atoms with Crippen molar-refractivity contribution in [3.8, 4) is 11.8 Å². The number of carbonyl (C=O) groups excluding carboxylic acids is 1. The third-order valence-electron chi connectivity index (χ3n) is 4.78. The number of carbonyl (C=O) groups is 1. The van der Waals surface area contributed by atoms with Crippen molar-refractivity contribution in [2.45, 2.75) is 20.0 Å². The van der Waals surface area contributed by atoms with Gasteiger partial charge in [0.1, 0.15) is 5.82 Å². The number of nitrogen functional groups attached to an aromatic ring is 1. The summed E-state index contributed by atoms with van der Waals surface area (Å²) in [5.41, 5.74) is 18.3. The van der Waals surface area contributed by atoms with Crippen LogP contribution in [0.25, 0.3) is 10.8 Å². The minimum Gasteiger partial charge on any atom is -0.394 e. The van der Waals surface area contributed by atoms with Gasteiger partial charge in [0.15, 0.2) is 0 Å². The second kappa shape index (κ2) is 12.0. The molecule has 1 aromatic carbocycles. The third-order valence-corrected chi connectivity index (χ3v) is 5.02. The van der Waals surface area contributed by atoms with E-state index in [-0.39, 0.29) is 23.8 Å². The Morgan fingerprint density at radius 3 is 2.72 bits per heavy atom. The van der Waals surface area contributed by atoms with Gasteiger partial charge in [-0.1, -0.05) is 37.4 Å². The van der Waals surface area contributed by atoms with Gasteiger partial charge in [0.25, 0.3) is 5.91 Å². The first-order chi connectivity index (χ1) is 15.2. The fourth-order valence-electron chi connectivity index (χ4n) is 2.92. The lowest BCUT2D eigenvalue weighted by atomic mass is 10.1. The van der Waals surface area contributed by atoms with Gasteiger partial charge in [0.05, 0.1) is 23.1 Å². The van der Waals surface area contributed by atoms with Crippen LogP contribution in [0.3, 0.4) is 0 Å². The highest BCUT2D eigenvalue weighted by molar-refractivity contribution is 6.31. The number of fused-ring (bicyclic) bond motifs is 1. The zero-order valence-electron chi connectivity index (χ0n) is 18.2. The molecule has 8 N–H and O–H groups in total. The number of aliphatic hydroxyl groups excluding tert-OH is 1. The van der Waals surface area contributed by atoms with Gasteiger partial charge in [-0.2, -0.15) is 0 Å². The number of nitrogens with zero attached hydrogens (tertiary/aromatic N) is 2. The number of nitrogens with two attached hydrogens (primary N) is 3. The molecule has 0 aliphatic carbocycles. The maximum atomic E-state index is 12.1. The van der Waals surface area contributed by atoms with Crippen LogP contribution in [-0.4, -0.2) is 53.2 Å². The van der Waals surface area contributed by atoms with E-state index in [4.69, 9.17) is 28.8 Å². The molecule has 0 aliphatic rings. The van der Waals surface area contributed by atoms with Crippen molar-refractivity contribution in [2.24, 2.45) is 11.5 Å². The normalized spacial score (nSPS) is 13.0. The fourth-order valence-corrected chi connectivity index (χ4v) is 3.09. The van der Waals surface area contributed by atoms with Gasteiger partial charge in [-0.25, -0.2) is 4.98 Å². The lowest BCUT2D eigenvalue weighted by Crippen LogP contribution is -2.41. The number of halogens is 1. The van der Waals surface area contributed by atoms with E-state index in [0.717, 1.165) is 23.9 Å². The number of aliphatic hydroxyl groups is 1. The summed E-state index contributed by atoms with van der Waals surface area (Å²) >= 11 is 6.08.